The Bertz CT molecular complexity index is 3040. The third-order valence-corrected chi connectivity index (χ3v) is 13.3. The van der Waals surface area contributed by atoms with E-state index in [0.29, 0.717) is 82.8 Å². The van der Waals surface area contributed by atoms with Gasteiger partial charge < -0.3 is 48.2 Å². The standard InChI is InChI=1S/C54H47N5O10/c1-64-47-22-41-44(55-26-35-19-32(28-58(35)52(41)60)9-7-16-57(54(62)63)30-43-39-12-5-3-10-37(39)38-11-4-6-13-40(38)43)24-50(47)66-17-8-18-67-51-25-45-42(23-48(51)65-2)53(61)59-29-34(20-36(59)27-56-45)33-14-15-46-49(21-33)69-31-68-46/h3-7,9-15,21-29,35-36,43H,8,16-20,30-31H2,1-2H3,(H,62,63)/t35-,36-/m0/s1. The van der Waals surface area contributed by atoms with E-state index in [1.165, 1.54) is 19.1 Å². The Morgan fingerprint density at radius 3 is 1.94 bits per heavy atom. The van der Waals surface area contributed by atoms with Crippen molar-refractivity contribution in [3.63, 3.8) is 0 Å². The Kier molecular flexibility index (Phi) is 11.3. The van der Waals surface area contributed by atoms with Crippen LogP contribution in [0.3, 0.4) is 0 Å². The first kappa shape index (κ1) is 43.3. The molecule has 5 aliphatic heterocycles. The van der Waals surface area contributed by atoms with E-state index in [4.69, 9.17) is 38.4 Å². The van der Waals surface area contributed by atoms with Crippen LogP contribution in [0.5, 0.6) is 34.5 Å². The van der Waals surface area contributed by atoms with Crippen LogP contribution in [0, 0.1) is 0 Å². The molecular formula is C54H47N5O10. The average molecular weight is 926 g/mol. The zero-order valence-corrected chi connectivity index (χ0v) is 37.9. The van der Waals surface area contributed by atoms with Gasteiger partial charge in [-0.25, -0.2) is 4.79 Å². The third kappa shape index (κ3) is 8.09. The molecule has 5 heterocycles. The number of carboxylic acid groups (broad SMARTS) is 1. The second-order valence-corrected chi connectivity index (χ2v) is 17.4. The minimum atomic E-state index is -0.995. The highest BCUT2D eigenvalue weighted by Gasteiger charge is 2.36. The number of rotatable bonds is 14. The van der Waals surface area contributed by atoms with Gasteiger partial charge in [-0.05, 0) is 69.6 Å². The number of hydrogen-bond acceptors (Lipinski definition) is 11. The molecule has 0 fully saturated rings. The lowest BCUT2D eigenvalue weighted by Crippen LogP contribution is -2.33. The zero-order valence-electron chi connectivity index (χ0n) is 37.9. The fourth-order valence-corrected chi connectivity index (χ4v) is 9.85. The molecule has 6 aliphatic rings. The lowest BCUT2D eigenvalue weighted by molar-refractivity contribution is 0.0809. The molecule has 0 unspecified atom stereocenters. The lowest BCUT2D eigenvalue weighted by Gasteiger charge is -2.23. The first-order valence-electron chi connectivity index (χ1n) is 22.8. The number of fused-ring (bicyclic) bond motifs is 8. The number of methoxy groups -OCH3 is 2. The fraction of sp³-hybridized carbons (Fsp3) is 0.241. The molecule has 5 aromatic rings. The van der Waals surface area contributed by atoms with Gasteiger partial charge in [0.05, 0.1) is 62.0 Å². The van der Waals surface area contributed by atoms with Crippen LogP contribution in [0.1, 0.15) is 62.6 Å². The van der Waals surface area contributed by atoms with Crippen molar-refractivity contribution in [3.05, 3.63) is 149 Å². The highest BCUT2D eigenvalue weighted by atomic mass is 16.7. The number of nitrogens with zero attached hydrogens (tertiary/aromatic N) is 5. The third-order valence-electron chi connectivity index (χ3n) is 13.3. The monoisotopic (exact) mass is 925 g/mol. The summed E-state index contributed by atoms with van der Waals surface area (Å²) in [5.41, 5.74) is 9.11. The second-order valence-electron chi connectivity index (χ2n) is 17.4. The molecule has 11 rings (SSSR count). The van der Waals surface area contributed by atoms with E-state index in [2.05, 4.69) is 24.3 Å². The van der Waals surface area contributed by atoms with Crippen molar-refractivity contribution < 1.29 is 47.9 Å². The maximum Gasteiger partial charge on any atom is 0.407 e. The predicted molar refractivity (Wildman–Crippen MR) is 258 cm³/mol. The number of carbonyl (C=O) groups is 3. The average Bonchev–Trinajstić information content (AvgIpc) is 4.16. The smallest absolute Gasteiger partial charge is 0.407 e. The van der Waals surface area contributed by atoms with Gasteiger partial charge in [0.1, 0.15) is 0 Å². The number of allylic oxidation sites excluding steroid dienone is 1. The highest BCUT2D eigenvalue weighted by Crippen LogP contribution is 2.46. The van der Waals surface area contributed by atoms with E-state index < -0.39 is 6.09 Å². The summed E-state index contributed by atoms with van der Waals surface area (Å²) in [6.45, 7) is 1.24. The molecule has 15 nitrogen and oxygen atoms in total. The SMILES string of the molecule is COc1cc2c(cc1OCCCOc1cc3c(cc1OC)C(=O)N1C=C(c4ccc5c(c4)OCO5)C[C@H]1C=N3)N=C[C@@H]1CC(C=CCN(CC3c4ccccc4-c4ccccc43)C(=O)O)=CN1C2=O. The topological polar surface area (TPSA) is 161 Å². The molecule has 0 saturated heterocycles. The van der Waals surface area contributed by atoms with E-state index in [1.54, 1.807) is 52.7 Å². The van der Waals surface area contributed by atoms with Crippen LogP contribution in [0.25, 0.3) is 16.7 Å². The lowest BCUT2D eigenvalue weighted by atomic mass is 9.96. The zero-order chi connectivity index (χ0) is 47.2. The summed E-state index contributed by atoms with van der Waals surface area (Å²) in [6.07, 6.45) is 11.6. The maximum absolute atomic E-state index is 14.0. The number of aliphatic imine (C=N–C) groups is 2. The molecule has 0 bridgehead atoms. The van der Waals surface area contributed by atoms with E-state index in [-0.39, 0.29) is 56.4 Å². The Morgan fingerprint density at radius 1 is 0.725 bits per heavy atom. The quantitative estimate of drug-likeness (QED) is 0.106. The van der Waals surface area contributed by atoms with Gasteiger partial charge in [-0.1, -0.05) is 66.7 Å². The fourth-order valence-electron chi connectivity index (χ4n) is 9.85. The van der Waals surface area contributed by atoms with Gasteiger partial charge in [0.25, 0.3) is 11.8 Å². The molecule has 69 heavy (non-hydrogen) atoms. The number of hydrogen-bond donors (Lipinski definition) is 1. The Balaban J connectivity index is 0.704. The summed E-state index contributed by atoms with van der Waals surface area (Å²) in [5, 5.41) is 10.2. The molecular weight excluding hydrogens is 879 g/mol. The largest absolute Gasteiger partial charge is 0.493 e. The molecule has 1 aliphatic carbocycles. The molecule has 3 amide bonds. The van der Waals surface area contributed by atoms with Gasteiger partial charge in [0.15, 0.2) is 34.5 Å². The Hall–Kier alpha value is -8.33. The molecule has 0 aromatic heterocycles. The van der Waals surface area contributed by atoms with E-state index in [9.17, 15) is 19.5 Å². The van der Waals surface area contributed by atoms with Gasteiger partial charge in [0, 0.05) is 68.8 Å². The summed E-state index contributed by atoms with van der Waals surface area (Å²) < 4.78 is 34.7. The molecule has 5 aromatic carbocycles. The summed E-state index contributed by atoms with van der Waals surface area (Å²) >= 11 is 0. The second kappa shape index (κ2) is 18.1. The van der Waals surface area contributed by atoms with Crippen molar-refractivity contribution >= 4 is 47.3 Å². The first-order valence-corrected chi connectivity index (χ1v) is 22.8. The van der Waals surface area contributed by atoms with Crippen LogP contribution in [-0.4, -0.2) is 110 Å². The van der Waals surface area contributed by atoms with Gasteiger partial charge >= 0.3 is 6.09 Å². The Morgan fingerprint density at radius 2 is 1.32 bits per heavy atom. The van der Waals surface area contributed by atoms with E-state index in [0.717, 1.165) is 39.0 Å². The summed E-state index contributed by atoms with van der Waals surface area (Å²) in [7, 11) is 3.05. The van der Waals surface area contributed by atoms with Gasteiger partial charge in [-0.3, -0.25) is 19.6 Å². The minimum absolute atomic E-state index is 0.0647. The maximum atomic E-state index is 14.0. The van der Waals surface area contributed by atoms with Crippen molar-refractivity contribution in [2.45, 2.75) is 37.3 Å². The van der Waals surface area contributed by atoms with Crippen molar-refractivity contribution in [3.8, 4) is 45.6 Å². The first-order chi connectivity index (χ1) is 33.7. The number of benzene rings is 5. The summed E-state index contributed by atoms with van der Waals surface area (Å²) in [5.74, 6) is 2.57. The molecule has 0 radical (unpaired) electrons. The van der Waals surface area contributed by atoms with Crippen molar-refractivity contribution in [1.29, 1.82) is 0 Å². The molecule has 0 saturated carbocycles. The molecule has 348 valence electrons. The number of amides is 3. The van der Waals surface area contributed by atoms with Gasteiger partial charge in [-0.2, -0.15) is 0 Å². The van der Waals surface area contributed by atoms with Crippen LogP contribution >= 0.6 is 0 Å². The predicted octanol–water partition coefficient (Wildman–Crippen LogP) is 9.41. The number of ether oxygens (including phenoxy) is 6. The summed E-state index contributed by atoms with van der Waals surface area (Å²) in [4.78, 5) is 54.6. The van der Waals surface area contributed by atoms with Crippen molar-refractivity contribution in [2.75, 3.05) is 47.3 Å². The van der Waals surface area contributed by atoms with Crippen LogP contribution in [0.4, 0.5) is 16.2 Å². The van der Waals surface area contributed by atoms with E-state index >= 15 is 0 Å². The summed E-state index contributed by atoms with van der Waals surface area (Å²) in [6, 6.07) is 28.3. The van der Waals surface area contributed by atoms with Crippen LogP contribution < -0.4 is 28.4 Å². The highest BCUT2D eigenvalue weighted by molar-refractivity contribution is 6.06. The van der Waals surface area contributed by atoms with Crippen LogP contribution in [0.2, 0.25) is 0 Å². The van der Waals surface area contributed by atoms with E-state index in [1.807, 2.05) is 60.8 Å². The van der Waals surface area contributed by atoms with Crippen molar-refractivity contribution in [2.24, 2.45) is 9.98 Å². The molecule has 2 atom stereocenters. The number of carbonyl (C=O) groups excluding carboxylic acids is 2. The van der Waals surface area contributed by atoms with Crippen molar-refractivity contribution in [1.82, 2.24) is 14.7 Å². The van der Waals surface area contributed by atoms with Crippen LogP contribution in [0.15, 0.2) is 131 Å². The minimum Gasteiger partial charge on any atom is -0.493 e. The van der Waals surface area contributed by atoms with Gasteiger partial charge in [-0.15, -0.1) is 0 Å². The van der Waals surface area contributed by atoms with Gasteiger partial charge in [0.2, 0.25) is 6.79 Å². The normalized spacial score (nSPS) is 18.1. The molecule has 1 N–H and O–H groups in total. The molecule has 15 heteroatoms. The van der Waals surface area contributed by atoms with Crippen LogP contribution in [-0.2, 0) is 0 Å². The molecule has 0 spiro atoms. The Labute approximate surface area is 397 Å².